The number of ether oxygens (including phenoxy) is 1. The number of amides is 1. The van der Waals surface area contributed by atoms with Gasteiger partial charge in [0.05, 0.1) is 5.69 Å². The summed E-state index contributed by atoms with van der Waals surface area (Å²) in [5, 5.41) is 11.4. The highest BCUT2D eigenvalue weighted by atomic mass is 19.4. The zero-order valence-corrected chi connectivity index (χ0v) is 8.13. The Labute approximate surface area is 88.6 Å². The van der Waals surface area contributed by atoms with E-state index in [1.807, 2.05) is 0 Å². The SMILES string of the molecule is CC(=O)Nc1cc(OC(F)(F)F)ccc1O. The Bertz CT molecular complexity index is 403. The van der Waals surface area contributed by atoms with Crippen LogP contribution in [-0.2, 0) is 4.79 Å². The number of benzene rings is 1. The van der Waals surface area contributed by atoms with Crippen LogP contribution in [0.3, 0.4) is 0 Å². The molecule has 0 aliphatic rings. The van der Waals surface area contributed by atoms with Crippen molar-refractivity contribution >= 4 is 11.6 Å². The number of alkyl halides is 3. The van der Waals surface area contributed by atoms with Crippen molar-refractivity contribution in [2.24, 2.45) is 0 Å². The van der Waals surface area contributed by atoms with Crippen LogP contribution in [0.2, 0.25) is 0 Å². The van der Waals surface area contributed by atoms with E-state index in [1.165, 1.54) is 0 Å². The van der Waals surface area contributed by atoms with E-state index in [0.717, 1.165) is 25.1 Å². The molecule has 0 saturated carbocycles. The van der Waals surface area contributed by atoms with E-state index < -0.39 is 18.0 Å². The van der Waals surface area contributed by atoms with Gasteiger partial charge < -0.3 is 15.2 Å². The molecule has 16 heavy (non-hydrogen) atoms. The Hall–Kier alpha value is -1.92. The maximum atomic E-state index is 11.9. The molecule has 0 aliphatic carbocycles. The first-order valence-electron chi connectivity index (χ1n) is 4.14. The molecular weight excluding hydrogens is 227 g/mol. The Morgan fingerprint density at radius 3 is 2.56 bits per heavy atom. The van der Waals surface area contributed by atoms with Gasteiger partial charge >= 0.3 is 6.36 Å². The Balaban J connectivity index is 2.93. The van der Waals surface area contributed by atoms with Gasteiger partial charge in [-0.1, -0.05) is 0 Å². The number of carbonyl (C=O) groups excluding carboxylic acids is 1. The molecule has 2 N–H and O–H groups in total. The summed E-state index contributed by atoms with van der Waals surface area (Å²) in [5.74, 6) is -1.38. The molecule has 0 fully saturated rings. The smallest absolute Gasteiger partial charge is 0.506 e. The van der Waals surface area contributed by atoms with E-state index in [-0.39, 0.29) is 11.4 Å². The fraction of sp³-hybridized carbons (Fsp3) is 0.222. The summed E-state index contributed by atoms with van der Waals surface area (Å²) in [4.78, 5) is 10.7. The van der Waals surface area contributed by atoms with Crippen molar-refractivity contribution in [3.05, 3.63) is 18.2 Å². The molecule has 1 rings (SSSR count). The van der Waals surface area contributed by atoms with Gasteiger partial charge in [0.25, 0.3) is 0 Å². The predicted octanol–water partition coefficient (Wildman–Crippen LogP) is 2.25. The fourth-order valence-electron chi connectivity index (χ4n) is 1.00. The minimum atomic E-state index is -4.82. The van der Waals surface area contributed by atoms with Crippen molar-refractivity contribution in [3.8, 4) is 11.5 Å². The molecule has 7 heteroatoms. The maximum absolute atomic E-state index is 11.9. The van der Waals surface area contributed by atoms with Crippen LogP contribution in [0, 0.1) is 0 Å². The quantitative estimate of drug-likeness (QED) is 0.773. The van der Waals surface area contributed by atoms with Crippen molar-refractivity contribution < 1.29 is 27.8 Å². The van der Waals surface area contributed by atoms with Crippen LogP contribution in [0.5, 0.6) is 11.5 Å². The largest absolute Gasteiger partial charge is 0.573 e. The van der Waals surface area contributed by atoms with Gasteiger partial charge in [0, 0.05) is 13.0 Å². The molecule has 1 amide bonds. The number of phenols is 1. The lowest BCUT2D eigenvalue weighted by Gasteiger charge is -2.11. The van der Waals surface area contributed by atoms with Crippen molar-refractivity contribution in [1.29, 1.82) is 0 Å². The van der Waals surface area contributed by atoms with Gasteiger partial charge in [-0.3, -0.25) is 4.79 Å². The first-order valence-corrected chi connectivity index (χ1v) is 4.14. The van der Waals surface area contributed by atoms with E-state index in [0.29, 0.717) is 0 Å². The van der Waals surface area contributed by atoms with Crippen molar-refractivity contribution in [1.82, 2.24) is 0 Å². The second-order valence-electron chi connectivity index (χ2n) is 2.91. The van der Waals surface area contributed by atoms with Gasteiger partial charge in [-0.15, -0.1) is 13.2 Å². The van der Waals surface area contributed by atoms with E-state index in [2.05, 4.69) is 10.1 Å². The fourth-order valence-corrected chi connectivity index (χ4v) is 1.00. The summed E-state index contributed by atoms with van der Waals surface area (Å²) in [6, 6.07) is 2.81. The summed E-state index contributed by atoms with van der Waals surface area (Å²) in [7, 11) is 0. The topological polar surface area (TPSA) is 58.6 Å². The molecule has 1 aromatic carbocycles. The molecule has 0 heterocycles. The number of hydrogen-bond acceptors (Lipinski definition) is 3. The highest BCUT2D eigenvalue weighted by Crippen LogP contribution is 2.30. The van der Waals surface area contributed by atoms with Crippen LogP contribution < -0.4 is 10.1 Å². The number of phenolic OH excluding ortho intramolecular Hbond substituents is 1. The number of rotatable bonds is 2. The molecular formula is C9H8F3NO3. The second kappa shape index (κ2) is 4.30. The molecule has 0 aliphatic heterocycles. The third kappa shape index (κ3) is 3.68. The monoisotopic (exact) mass is 235 g/mol. The van der Waals surface area contributed by atoms with Crippen LogP contribution in [0.4, 0.5) is 18.9 Å². The lowest BCUT2D eigenvalue weighted by molar-refractivity contribution is -0.274. The summed E-state index contributed by atoms with van der Waals surface area (Å²) in [6.07, 6.45) is -4.82. The Morgan fingerprint density at radius 1 is 1.44 bits per heavy atom. The van der Waals surface area contributed by atoms with Gasteiger partial charge in [0.1, 0.15) is 11.5 Å². The minimum Gasteiger partial charge on any atom is -0.506 e. The van der Waals surface area contributed by atoms with E-state index in [4.69, 9.17) is 0 Å². The van der Waals surface area contributed by atoms with Gasteiger partial charge in [0.2, 0.25) is 5.91 Å². The number of hydrogen-bond donors (Lipinski definition) is 2. The summed E-state index contributed by atoms with van der Waals surface area (Å²) < 4.78 is 39.2. The molecule has 0 aromatic heterocycles. The van der Waals surface area contributed by atoms with Crippen molar-refractivity contribution in [2.75, 3.05) is 5.32 Å². The number of nitrogens with one attached hydrogen (secondary N) is 1. The minimum absolute atomic E-state index is 0.144. The highest BCUT2D eigenvalue weighted by Gasteiger charge is 2.31. The van der Waals surface area contributed by atoms with Crippen LogP contribution in [0.25, 0.3) is 0 Å². The number of aromatic hydroxyl groups is 1. The molecule has 4 nitrogen and oxygen atoms in total. The molecule has 0 spiro atoms. The average Bonchev–Trinajstić information content (AvgIpc) is 2.07. The van der Waals surface area contributed by atoms with Gasteiger partial charge in [-0.25, -0.2) is 0 Å². The summed E-state index contributed by atoms with van der Waals surface area (Å²) in [5.41, 5.74) is -0.144. The van der Waals surface area contributed by atoms with Crippen molar-refractivity contribution in [2.45, 2.75) is 13.3 Å². The molecule has 88 valence electrons. The Morgan fingerprint density at radius 2 is 2.06 bits per heavy atom. The first-order chi connectivity index (χ1) is 7.28. The predicted molar refractivity (Wildman–Crippen MR) is 49.1 cm³/mol. The summed E-state index contributed by atoms with van der Waals surface area (Å²) in [6.45, 7) is 1.16. The highest BCUT2D eigenvalue weighted by molar-refractivity contribution is 5.90. The lowest BCUT2D eigenvalue weighted by Crippen LogP contribution is -2.17. The molecule has 0 bridgehead atoms. The molecule has 1 aromatic rings. The molecule has 0 unspecified atom stereocenters. The molecule has 0 radical (unpaired) electrons. The number of carbonyl (C=O) groups is 1. The lowest BCUT2D eigenvalue weighted by atomic mass is 10.2. The van der Waals surface area contributed by atoms with Gasteiger partial charge in [0.15, 0.2) is 0 Å². The van der Waals surface area contributed by atoms with E-state index in [1.54, 1.807) is 0 Å². The van der Waals surface area contributed by atoms with E-state index >= 15 is 0 Å². The maximum Gasteiger partial charge on any atom is 0.573 e. The van der Waals surface area contributed by atoms with Crippen LogP contribution in [0.15, 0.2) is 18.2 Å². The zero-order valence-electron chi connectivity index (χ0n) is 8.13. The third-order valence-corrected chi connectivity index (χ3v) is 1.51. The van der Waals surface area contributed by atoms with Gasteiger partial charge in [-0.05, 0) is 12.1 Å². The Kier molecular flexibility index (Phi) is 3.26. The van der Waals surface area contributed by atoms with Gasteiger partial charge in [-0.2, -0.15) is 0 Å². The van der Waals surface area contributed by atoms with E-state index in [9.17, 15) is 23.1 Å². The average molecular weight is 235 g/mol. The molecule has 0 saturated heterocycles. The number of anilines is 1. The second-order valence-corrected chi connectivity index (χ2v) is 2.91. The standard InChI is InChI=1S/C9H8F3NO3/c1-5(14)13-7-4-6(2-3-8(7)15)16-9(10,11)12/h2-4,15H,1H3,(H,13,14). The third-order valence-electron chi connectivity index (χ3n) is 1.51. The molecule has 0 atom stereocenters. The zero-order chi connectivity index (χ0) is 12.3. The van der Waals surface area contributed by atoms with Crippen LogP contribution in [-0.4, -0.2) is 17.4 Å². The van der Waals surface area contributed by atoms with Crippen LogP contribution in [0.1, 0.15) is 6.92 Å². The first kappa shape index (κ1) is 12.2. The normalized spacial score (nSPS) is 11.0. The summed E-state index contributed by atoms with van der Waals surface area (Å²) >= 11 is 0. The number of halogens is 3. The van der Waals surface area contributed by atoms with Crippen LogP contribution >= 0.6 is 0 Å². The van der Waals surface area contributed by atoms with Crippen molar-refractivity contribution in [3.63, 3.8) is 0 Å².